The number of sulfonamides is 1. The third-order valence-electron chi connectivity index (χ3n) is 5.01. The predicted octanol–water partition coefficient (Wildman–Crippen LogP) is 0.445. The van der Waals surface area contributed by atoms with Gasteiger partial charge in [0.15, 0.2) is 11.5 Å². The molecule has 0 bridgehead atoms. The second kappa shape index (κ2) is 11.0. The number of ether oxygens (including phenoxy) is 2. The highest BCUT2D eigenvalue weighted by Crippen LogP contribution is 2.27. The van der Waals surface area contributed by atoms with Crippen LogP contribution in [0.5, 0.6) is 11.5 Å². The van der Waals surface area contributed by atoms with Crippen molar-refractivity contribution in [3.8, 4) is 11.5 Å². The van der Waals surface area contributed by atoms with Gasteiger partial charge in [0.05, 0.1) is 20.0 Å². The number of nitrogens with zero attached hydrogens (tertiary/aromatic N) is 4. The van der Waals surface area contributed by atoms with Gasteiger partial charge < -0.3 is 25.0 Å². The molecule has 2 heterocycles. The standard InChI is InChI=1S/C20H28N6O5S/c1-30-17-5-4-16(14-18(17)31-2)15-24-20(27)23-8-13-32(28,29)26-11-9-25(10-12-26)19-21-6-3-7-22-19/h3-7,14H,8-13,15H2,1-2H3,(H2,23,24,27). The number of carbonyl (C=O) groups excluding carboxylic acids is 1. The Balaban J connectivity index is 1.40. The highest BCUT2D eigenvalue weighted by atomic mass is 32.2. The summed E-state index contributed by atoms with van der Waals surface area (Å²) < 4.78 is 37.1. The summed E-state index contributed by atoms with van der Waals surface area (Å²) in [6.45, 7) is 2.02. The van der Waals surface area contributed by atoms with Crippen LogP contribution in [0.15, 0.2) is 36.7 Å². The molecule has 32 heavy (non-hydrogen) atoms. The minimum absolute atomic E-state index is 0.0160. The molecule has 0 unspecified atom stereocenters. The molecule has 1 aromatic carbocycles. The minimum Gasteiger partial charge on any atom is -0.493 e. The van der Waals surface area contributed by atoms with E-state index in [1.165, 1.54) is 11.4 Å². The molecule has 2 amide bonds. The number of anilines is 1. The zero-order valence-electron chi connectivity index (χ0n) is 18.2. The zero-order chi connectivity index (χ0) is 23.0. The average Bonchev–Trinajstić information content (AvgIpc) is 2.83. The van der Waals surface area contributed by atoms with Crippen LogP contribution in [-0.4, -0.2) is 81.4 Å². The molecule has 1 aromatic heterocycles. The first-order valence-electron chi connectivity index (χ1n) is 10.2. The van der Waals surface area contributed by atoms with Gasteiger partial charge in [-0.2, -0.15) is 4.31 Å². The molecule has 3 rings (SSSR count). The number of carbonyl (C=O) groups is 1. The normalized spacial score (nSPS) is 14.6. The second-order valence-electron chi connectivity index (χ2n) is 7.05. The van der Waals surface area contributed by atoms with Crippen LogP contribution in [0.1, 0.15) is 5.56 Å². The fourth-order valence-electron chi connectivity index (χ4n) is 3.28. The van der Waals surface area contributed by atoms with Crippen molar-refractivity contribution < 1.29 is 22.7 Å². The van der Waals surface area contributed by atoms with Crippen molar-refractivity contribution in [2.24, 2.45) is 0 Å². The van der Waals surface area contributed by atoms with Crippen molar-refractivity contribution in [1.29, 1.82) is 0 Å². The van der Waals surface area contributed by atoms with Crippen LogP contribution in [0, 0.1) is 0 Å². The van der Waals surface area contributed by atoms with Gasteiger partial charge >= 0.3 is 6.03 Å². The molecule has 0 radical (unpaired) electrons. The van der Waals surface area contributed by atoms with Gasteiger partial charge in [-0.05, 0) is 23.8 Å². The molecule has 2 N–H and O–H groups in total. The maximum Gasteiger partial charge on any atom is 0.315 e. The zero-order valence-corrected chi connectivity index (χ0v) is 19.0. The number of methoxy groups -OCH3 is 2. The Morgan fingerprint density at radius 3 is 2.38 bits per heavy atom. The summed E-state index contributed by atoms with van der Waals surface area (Å²) in [4.78, 5) is 22.4. The quantitative estimate of drug-likeness (QED) is 0.548. The van der Waals surface area contributed by atoms with Gasteiger partial charge in [0.1, 0.15) is 0 Å². The molecule has 11 nitrogen and oxygen atoms in total. The van der Waals surface area contributed by atoms with E-state index in [4.69, 9.17) is 9.47 Å². The molecule has 2 aromatic rings. The Morgan fingerprint density at radius 2 is 1.72 bits per heavy atom. The largest absolute Gasteiger partial charge is 0.493 e. The van der Waals surface area contributed by atoms with Crippen LogP contribution < -0.4 is 25.0 Å². The van der Waals surface area contributed by atoms with Gasteiger partial charge in [-0.1, -0.05) is 6.07 Å². The summed E-state index contributed by atoms with van der Waals surface area (Å²) in [5, 5.41) is 5.29. The van der Waals surface area contributed by atoms with Gasteiger partial charge in [0, 0.05) is 51.7 Å². The van der Waals surface area contributed by atoms with E-state index in [1.807, 2.05) is 11.0 Å². The molecule has 12 heteroatoms. The van der Waals surface area contributed by atoms with Crippen LogP contribution in [0.2, 0.25) is 0 Å². The molecule has 1 aliphatic rings. The lowest BCUT2D eigenvalue weighted by atomic mass is 10.2. The second-order valence-corrected chi connectivity index (χ2v) is 9.14. The number of benzene rings is 1. The van der Waals surface area contributed by atoms with Crippen molar-refractivity contribution in [2.75, 3.05) is 57.6 Å². The number of hydrogen-bond donors (Lipinski definition) is 2. The van der Waals surface area contributed by atoms with Gasteiger partial charge in [-0.15, -0.1) is 0 Å². The number of hydrogen-bond acceptors (Lipinski definition) is 8. The van der Waals surface area contributed by atoms with Gasteiger partial charge in [0.2, 0.25) is 16.0 Å². The first-order chi connectivity index (χ1) is 15.4. The number of urea groups is 1. The van der Waals surface area contributed by atoms with E-state index in [0.29, 0.717) is 43.6 Å². The maximum absolute atomic E-state index is 12.6. The van der Waals surface area contributed by atoms with Crippen LogP contribution in [0.25, 0.3) is 0 Å². The van der Waals surface area contributed by atoms with Crippen LogP contribution in [0.3, 0.4) is 0 Å². The Bertz CT molecular complexity index is 997. The molecule has 0 atom stereocenters. The molecule has 0 saturated carbocycles. The average molecular weight is 465 g/mol. The van der Waals surface area contributed by atoms with Crippen LogP contribution in [-0.2, 0) is 16.6 Å². The van der Waals surface area contributed by atoms with Gasteiger partial charge in [-0.3, -0.25) is 0 Å². The van der Waals surface area contributed by atoms with E-state index < -0.39 is 16.1 Å². The molecule has 174 valence electrons. The number of nitrogens with one attached hydrogen (secondary N) is 2. The highest BCUT2D eigenvalue weighted by Gasteiger charge is 2.27. The summed E-state index contributed by atoms with van der Waals surface area (Å²) in [5.74, 6) is 1.59. The van der Waals surface area contributed by atoms with Crippen molar-refractivity contribution in [3.05, 3.63) is 42.2 Å². The number of piperazine rings is 1. The van der Waals surface area contributed by atoms with Crippen LogP contribution in [0.4, 0.5) is 10.7 Å². The van der Waals surface area contributed by atoms with Crippen molar-refractivity contribution in [1.82, 2.24) is 24.9 Å². The molecule has 0 spiro atoms. The lowest BCUT2D eigenvalue weighted by Crippen LogP contribution is -2.50. The van der Waals surface area contributed by atoms with Crippen molar-refractivity contribution >= 4 is 22.0 Å². The SMILES string of the molecule is COc1ccc(CNC(=O)NCCS(=O)(=O)N2CCN(c3ncccn3)CC2)cc1OC. The smallest absolute Gasteiger partial charge is 0.315 e. The van der Waals surface area contributed by atoms with E-state index in [9.17, 15) is 13.2 Å². The van der Waals surface area contributed by atoms with E-state index in [1.54, 1.807) is 37.7 Å². The molecule has 1 saturated heterocycles. The number of aromatic nitrogens is 2. The summed E-state index contributed by atoms with van der Waals surface area (Å²) in [6, 6.07) is 6.63. The Kier molecular flexibility index (Phi) is 8.06. The summed E-state index contributed by atoms with van der Waals surface area (Å²) in [6.07, 6.45) is 3.32. The van der Waals surface area contributed by atoms with Gasteiger partial charge in [0.25, 0.3) is 0 Å². The maximum atomic E-state index is 12.6. The number of amides is 2. The molecular formula is C20H28N6O5S. The third kappa shape index (κ3) is 6.20. The molecule has 1 aliphatic heterocycles. The van der Waals surface area contributed by atoms with Crippen LogP contribution >= 0.6 is 0 Å². The van der Waals surface area contributed by atoms with Crippen molar-refractivity contribution in [2.45, 2.75) is 6.54 Å². The Hall–Kier alpha value is -3.12. The fraction of sp³-hybridized carbons (Fsp3) is 0.450. The summed E-state index contributed by atoms with van der Waals surface area (Å²) in [5.41, 5.74) is 0.825. The third-order valence-corrected chi connectivity index (χ3v) is 6.89. The summed E-state index contributed by atoms with van der Waals surface area (Å²) >= 11 is 0. The van der Waals surface area contributed by atoms with E-state index in [2.05, 4.69) is 20.6 Å². The molecular weight excluding hydrogens is 436 g/mol. The van der Waals surface area contributed by atoms with Gasteiger partial charge in [-0.25, -0.2) is 23.2 Å². The minimum atomic E-state index is -3.48. The van der Waals surface area contributed by atoms with Crippen molar-refractivity contribution in [3.63, 3.8) is 0 Å². The lowest BCUT2D eigenvalue weighted by Gasteiger charge is -2.33. The fourth-order valence-corrected chi connectivity index (χ4v) is 4.62. The lowest BCUT2D eigenvalue weighted by molar-refractivity contribution is 0.241. The summed E-state index contributed by atoms with van der Waals surface area (Å²) in [7, 11) is -0.386. The monoisotopic (exact) mass is 464 g/mol. The molecule has 0 aliphatic carbocycles. The number of rotatable bonds is 9. The topological polar surface area (TPSA) is 126 Å². The Labute approximate surface area is 187 Å². The van der Waals surface area contributed by atoms with E-state index >= 15 is 0 Å². The first-order valence-corrected chi connectivity index (χ1v) is 11.8. The molecule has 1 fully saturated rings. The highest BCUT2D eigenvalue weighted by molar-refractivity contribution is 7.89. The Morgan fingerprint density at radius 1 is 1.03 bits per heavy atom. The van der Waals surface area contributed by atoms with E-state index in [-0.39, 0.29) is 18.8 Å². The van der Waals surface area contributed by atoms with E-state index in [0.717, 1.165) is 5.56 Å². The first kappa shape index (κ1) is 23.5. The predicted molar refractivity (Wildman–Crippen MR) is 119 cm³/mol.